The van der Waals surface area contributed by atoms with Gasteiger partial charge in [-0.3, -0.25) is 4.79 Å². The smallest absolute Gasteiger partial charge is 0.164 e. The predicted molar refractivity (Wildman–Crippen MR) is 53.2 cm³/mol. The number of hydrogen-bond donors (Lipinski definition) is 1. The van der Waals surface area contributed by atoms with Crippen molar-refractivity contribution in [2.75, 3.05) is 6.61 Å². The summed E-state index contributed by atoms with van der Waals surface area (Å²) in [6.45, 7) is 2.51. The minimum Gasteiger partial charge on any atom is -0.490 e. The number of aliphatic hydroxyl groups is 1. The van der Waals surface area contributed by atoms with Crippen LogP contribution in [0.4, 0.5) is 4.39 Å². The first-order valence-electron chi connectivity index (χ1n) is 4.53. The van der Waals surface area contributed by atoms with Gasteiger partial charge in [0, 0.05) is 0 Å². The Morgan fingerprint density at radius 1 is 1.47 bits per heavy atom. The fourth-order valence-electron chi connectivity index (χ4n) is 0.856. The molecule has 0 heterocycles. The van der Waals surface area contributed by atoms with E-state index in [1.165, 1.54) is 38.1 Å². The summed E-state index contributed by atoms with van der Waals surface area (Å²) in [5.74, 6) is -0.316. The maximum Gasteiger partial charge on any atom is 0.164 e. The quantitative estimate of drug-likeness (QED) is 0.823. The molecule has 1 rings (SSSR count). The normalized spacial score (nSPS) is 14.4. The minimum absolute atomic E-state index is 0.145. The molecule has 1 atom stereocenters. The van der Waals surface area contributed by atoms with Gasteiger partial charge in [0.15, 0.2) is 11.4 Å². The average molecular weight is 212 g/mol. The van der Waals surface area contributed by atoms with Crippen LogP contribution in [0.25, 0.3) is 0 Å². The second kappa shape index (κ2) is 4.40. The first-order valence-corrected chi connectivity index (χ1v) is 4.53. The van der Waals surface area contributed by atoms with Gasteiger partial charge in [-0.25, -0.2) is 4.39 Å². The lowest BCUT2D eigenvalue weighted by molar-refractivity contribution is -0.136. The molecule has 4 heteroatoms. The van der Waals surface area contributed by atoms with Gasteiger partial charge < -0.3 is 9.84 Å². The monoisotopic (exact) mass is 212 g/mol. The number of ether oxygens (including phenoxy) is 1. The van der Waals surface area contributed by atoms with E-state index in [-0.39, 0.29) is 18.2 Å². The molecule has 0 amide bonds. The van der Waals surface area contributed by atoms with Crippen molar-refractivity contribution in [3.05, 3.63) is 30.1 Å². The molecule has 0 unspecified atom stereocenters. The molecule has 0 saturated heterocycles. The molecule has 0 aliphatic carbocycles. The van der Waals surface area contributed by atoms with E-state index in [9.17, 15) is 14.3 Å². The molecule has 82 valence electrons. The van der Waals surface area contributed by atoms with E-state index < -0.39 is 5.60 Å². The zero-order valence-electron chi connectivity index (χ0n) is 8.66. The Labute approximate surface area is 87.5 Å². The highest BCUT2D eigenvalue weighted by Gasteiger charge is 2.27. The third kappa shape index (κ3) is 3.32. The van der Waals surface area contributed by atoms with Crippen LogP contribution in [0.3, 0.4) is 0 Å². The van der Waals surface area contributed by atoms with Gasteiger partial charge >= 0.3 is 0 Å². The number of benzene rings is 1. The number of carbonyl (C=O) groups is 1. The third-order valence-electron chi connectivity index (χ3n) is 2.09. The lowest BCUT2D eigenvalue weighted by Gasteiger charge is -2.19. The van der Waals surface area contributed by atoms with E-state index in [4.69, 9.17) is 4.74 Å². The summed E-state index contributed by atoms with van der Waals surface area (Å²) >= 11 is 0. The SMILES string of the molecule is CC(=O)[C@@](C)(O)COc1ccc(F)cc1. The maximum atomic E-state index is 12.5. The van der Waals surface area contributed by atoms with Gasteiger partial charge in [0.05, 0.1) is 0 Å². The van der Waals surface area contributed by atoms with E-state index in [0.29, 0.717) is 5.75 Å². The molecule has 0 fully saturated rings. The maximum absolute atomic E-state index is 12.5. The summed E-state index contributed by atoms with van der Waals surface area (Å²) in [7, 11) is 0. The van der Waals surface area contributed by atoms with Crippen molar-refractivity contribution in [1.82, 2.24) is 0 Å². The van der Waals surface area contributed by atoms with Crippen LogP contribution >= 0.6 is 0 Å². The molecular formula is C11H13FO3. The summed E-state index contributed by atoms with van der Waals surface area (Å²) in [5.41, 5.74) is -1.51. The van der Waals surface area contributed by atoms with Crippen LogP contribution in [0, 0.1) is 5.82 Å². The average Bonchev–Trinajstić information content (AvgIpc) is 2.17. The third-order valence-corrected chi connectivity index (χ3v) is 2.09. The van der Waals surface area contributed by atoms with Gasteiger partial charge in [0.25, 0.3) is 0 Å². The summed E-state index contributed by atoms with van der Waals surface area (Å²) in [5, 5.41) is 9.56. The Bertz CT molecular complexity index is 343. The topological polar surface area (TPSA) is 46.5 Å². The van der Waals surface area contributed by atoms with Gasteiger partial charge in [0.1, 0.15) is 18.2 Å². The summed E-state index contributed by atoms with van der Waals surface area (Å²) in [4.78, 5) is 11.0. The number of rotatable bonds is 4. The molecule has 1 N–H and O–H groups in total. The van der Waals surface area contributed by atoms with Crippen LogP contribution in [0.5, 0.6) is 5.75 Å². The molecule has 0 spiro atoms. The number of carbonyl (C=O) groups excluding carboxylic acids is 1. The molecular weight excluding hydrogens is 199 g/mol. The molecule has 0 aromatic heterocycles. The van der Waals surface area contributed by atoms with E-state index >= 15 is 0 Å². The van der Waals surface area contributed by atoms with Crippen LogP contribution < -0.4 is 4.74 Å². The van der Waals surface area contributed by atoms with Gasteiger partial charge in [-0.15, -0.1) is 0 Å². The number of hydrogen-bond acceptors (Lipinski definition) is 3. The highest BCUT2D eigenvalue weighted by molar-refractivity contribution is 5.84. The lowest BCUT2D eigenvalue weighted by atomic mass is 10.0. The Balaban J connectivity index is 2.57. The van der Waals surface area contributed by atoms with Crippen molar-refractivity contribution in [3.8, 4) is 5.75 Å². The molecule has 0 radical (unpaired) electrons. The van der Waals surface area contributed by atoms with Crippen LogP contribution in [0.2, 0.25) is 0 Å². The van der Waals surface area contributed by atoms with Crippen LogP contribution in [0.15, 0.2) is 24.3 Å². The number of halogens is 1. The summed E-state index contributed by atoms with van der Waals surface area (Å²) < 4.78 is 17.7. The standard InChI is InChI=1S/C11H13FO3/c1-8(13)11(2,14)7-15-10-5-3-9(12)4-6-10/h3-6,14H,7H2,1-2H3/t11-/m0/s1. The van der Waals surface area contributed by atoms with Crippen molar-refractivity contribution < 1.29 is 19.0 Å². The first kappa shape index (κ1) is 11.7. The fraction of sp³-hybridized carbons (Fsp3) is 0.364. The van der Waals surface area contributed by atoms with Crippen molar-refractivity contribution in [3.63, 3.8) is 0 Å². The molecule has 0 saturated carbocycles. The highest BCUT2D eigenvalue weighted by Crippen LogP contribution is 2.14. The zero-order valence-corrected chi connectivity index (χ0v) is 8.66. The molecule has 0 bridgehead atoms. The fourth-order valence-corrected chi connectivity index (χ4v) is 0.856. The Morgan fingerprint density at radius 3 is 2.47 bits per heavy atom. The van der Waals surface area contributed by atoms with Crippen molar-refractivity contribution in [1.29, 1.82) is 0 Å². The number of ketones is 1. The largest absolute Gasteiger partial charge is 0.490 e. The lowest BCUT2D eigenvalue weighted by Crippen LogP contribution is -2.39. The predicted octanol–water partition coefficient (Wildman–Crippen LogP) is 1.54. The minimum atomic E-state index is -1.51. The molecule has 15 heavy (non-hydrogen) atoms. The second-order valence-electron chi connectivity index (χ2n) is 3.57. The van der Waals surface area contributed by atoms with Crippen molar-refractivity contribution in [2.45, 2.75) is 19.4 Å². The van der Waals surface area contributed by atoms with Crippen LogP contribution in [-0.2, 0) is 4.79 Å². The van der Waals surface area contributed by atoms with E-state index in [1.807, 2.05) is 0 Å². The van der Waals surface area contributed by atoms with Crippen molar-refractivity contribution in [2.24, 2.45) is 0 Å². The molecule has 0 aliphatic heterocycles. The molecule has 1 aromatic carbocycles. The van der Waals surface area contributed by atoms with Crippen molar-refractivity contribution >= 4 is 5.78 Å². The highest BCUT2D eigenvalue weighted by atomic mass is 19.1. The van der Waals surface area contributed by atoms with E-state index in [0.717, 1.165) is 0 Å². The van der Waals surface area contributed by atoms with Gasteiger partial charge in [0.2, 0.25) is 0 Å². The first-order chi connectivity index (χ1) is 6.92. The zero-order chi connectivity index (χ0) is 11.5. The van der Waals surface area contributed by atoms with Gasteiger partial charge in [-0.2, -0.15) is 0 Å². The Hall–Kier alpha value is -1.42. The Kier molecular flexibility index (Phi) is 3.42. The van der Waals surface area contributed by atoms with Crippen LogP contribution in [-0.4, -0.2) is 23.1 Å². The van der Waals surface area contributed by atoms with Crippen LogP contribution in [0.1, 0.15) is 13.8 Å². The van der Waals surface area contributed by atoms with Gasteiger partial charge in [-0.1, -0.05) is 0 Å². The number of Topliss-reactive ketones (excluding diaryl/α,β-unsaturated/α-hetero) is 1. The second-order valence-corrected chi connectivity index (χ2v) is 3.57. The van der Waals surface area contributed by atoms with Gasteiger partial charge in [-0.05, 0) is 38.1 Å². The summed E-state index contributed by atoms with van der Waals surface area (Å²) in [6, 6.07) is 5.37. The Morgan fingerprint density at radius 2 is 2.00 bits per heavy atom. The molecule has 3 nitrogen and oxygen atoms in total. The summed E-state index contributed by atoms with van der Waals surface area (Å²) in [6.07, 6.45) is 0. The molecule has 1 aromatic rings. The van der Waals surface area contributed by atoms with E-state index in [1.54, 1.807) is 0 Å². The van der Waals surface area contributed by atoms with E-state index in [2.05, 4.69) is 0 Å². The molecule has 0 aliphatic rings.